The second-order valence-corrected chi connectivity index (χ2v) is 3.11. The SMILES string of the molecule is O=C1C=C2c3ccccc3NC2O1. The summed E-state index contributed by atoms with van der Waals surface area (Å²) in [6.45, 7) is 0. The van der Waals surface area contributed by atoms with Crippen molar-refractivity contribution in [2.24, 2.45) is 0 Å². The van der Waals surface area contributed by atoms with Crippen LogP contribution in [0.25, 0.3) is 5.57 Å². The molecule has 0 saturated heterocycles. The number of carbonyl (C=O) groups excluding carboxylic acids is 1. The molecule has 3 nitrogen and oxygen atoms in total. The first-order valence-corrected chi connectivity index (χ1v) is 4.13. The van der Waals surface area contributed by atoms with Gasteiger partial charge in [0, 0.05) is 22.9 Å². The van der Waals surface area contributed by atoms with Gasteiger partial charge in [-0.2, -0.15) is 0 Å². The number of carbonyl (C=O) groups is 1. The van der Waals surface area contributed by atoms with Crippen LogP contribution in [0.1, 0.15) is 5.56 Å². The van der Waals surface area contributed by atoms with Crippen molar-refractivity contribution in [3.63, 3.8) is 0 Å². The third-order valence-corrected chi connectivity index (χ3v) is 2.31. The Morgan fingerprint density at radius 3 is 3.08 bits per heavy atom. The minimum absolute atomic E-state index is 0.259. The third-order valence-electron chi connectivity index (χ3n) is 2.31. The molecule has 2 aliphatic rings. The van der Waals surface area contributed by atoms with E-state index >= 15 is 0 Å². The molecule has 0 aromatic heterocycles. The number of rotatable bonds is 0. The van der Waals surface area contributed by atoms with E-state index in [4.69, 9.17) is 4.74 Å². The molecule has 3 heteroatoms. The summed E-state index contributed by atoms with van der Waals surface area (Å²) in [5.74, 6) is -0.262. The number of benzene rings is 1. The summed E-state index contributed by atoms with van der Waals surface area (Å²) in [5.41, 5.74) is 3.05. The summed E-state index contributed by atoms with van der Waals surface area (Å²) in [7, 11) is 0. The van der Waals surface area contributed by atoms with Gasteiger partial charge in [-0.1, -0.05) is 18.2 Å². The molecular weight excluding hydrogens is 166 g/mol. The van der Waals surface area contributed by atoms with E-state index in [1.165, 1.54) is 0 Å². The van der Waals surface area contributed by atoms with Gasteiger partial charge in [0.05, 0.1) is 0 Å². The Morgan fingerprint density at radius 2 is 2.15 bits per heavy atom. The smallest absolute Gasteiger partial charge is 0.333 e. The molecule has 2 heterocycles. The van der Waals surface area contributed by atoms with Crippen LogP contribution in [0.2, 0.25) is 0 Å². The van der Waals surface area contributed by atoms with E-state index in [0.29, 0.717) is 0 Å². The van der Waals surface area contributed by atoms with Gasteiger partial charge in [-0.05, 0) is 6.07 Å². The second-order valence-electron chi connectivity index (χ2n) is 3.11. The molecule has 0 saturated carbocycles. The fraction of sp³-hybridized carbons (Fsp3) is 0.100. The fourth-order valence-corrected chi connectivity index (χ4v) is 1.74. The van der Waals surface area contributed by atoms with Crippen molar-refractivity contribution < 1.29 is 9.53 Å². The minimum atomic E-state index is -0.262. The van der Waals surface area contributed by atoms with Gasteiger partial charge < -0.3 is 10.1 Å². The predicted molar refractivity (Wildman–Crippen MR) is 47.9 cm³/mol. The van der Waals surface area contributed by atoms with Crippen LogP contribution in [-0.4, -0.2) is 12.2 Å². The Balaban J connectivity index is 2.19. The van der Waals surface area contributed by atoms with Crippen LogP contribution in [0.4, 0.5) is 5.69 Å². The van der Waals surface area contributed by atoms with Crippen LogP contribution in [0.15, 0.2) is 30.3 Å². The van der Waals surface area contributed by atoms with Crippen LogP contribution < -0.4 is 5.32 Å². The molecule has 1 unspecified atom stereocenters. The lowest BCUT2D eigenvalue weighted by Gasteiger charge is -2.05. The predicted octanol–water partition coefficient (Wildman–Crippen LogP) is 1.38. The molecule has 3 rings (SSSR count). The maximum atomic E-state index is 10.9. The molecule has 13 heavy (non-hydrogen) atoms. The van der Waals surface area contributed by atoms with E-state index in [0.717, 1.165) is 16.8 Å². The van der Waals surface area contributed by atoms with Crippen molar-refractivity contribution in [1.29, 1.82) is 0 Å². The summed E-state index contributed by atoms with van der Waals surface area (Å²) in [4.78, 5) is 10.9. The highest BCUT2D eigenvalue weighted by molar-refractivity contribution is 6.02. The summed E-state index contributed by atoms with van der Waals surface area (Å²) in [6, 6.07) is 7.86. The normalized spacial score (nSPS) is 22.9. The lowest BCUT2D eigenvalue weighted by atomic mass is 10.1. The van der Waals surface area contributed by atoms with E-state index < -0.39 is 0 Å². The summed E-state index contributed by atoms with van der Waals surface area (Å²) >= 11 is 0. The number of para-hydroxylation sites is 1. The third kappa shape index (κ3) is 0.811. The molecule has 0 radical (unpaired) electrons. The van der Waals surface area contributed by atoms with Crippen molar-refractivity contribution in [2.45, 2.75) is 6.23 Å². The molecule has 1 aromatic carbocycles. The molecular formula is C10H7NO2. The maximum absolute atomic E-state index is 10.9. The molecule has 0 bridgehead atoms. The van der Waals surface area contributed by atoms with Gasteiger partial charge in [0.25, 0.3) is 0 Å². The number of ether oxygens (including phenoxy) is 1. The Hall–Kier alpha value is -1.77. The molecule has 0 spiro atoms. The van der Waals surface area contributed by atoms with E-state index in [2.05, 4.69) is 5.32 Å². The van der Waals surface area contributed by atoms with Gasteiger partial charge in [0.15, 0.2) is 0 Å². The Labute approximate surface area is 75.0 Å². The number of hydrogen-bond acceptors (Lipinski definition) is 3. The molecule has 0 amide bonds. The van der Waals surface area contributed by atoms with Crippen LogP contribution in [-0.2, 0) is 9.53 Å². The Kier molecular flexibility index (Phi) is 1.10. The van der Waals surface area contributed by atoms with Crippen LogP contribution >= 0.6 is 0 Å². The quantitative estimate of drug-likeness (QED) is 0.602. The van der Waals surface area contributed by atoms with Crippen molar-refractivity contribution in [3.05, 3.63) is 35.9 Å². The number of nitrogens with one attached hydrogen (secondary N) is 1. The maximum Gasteiger partial charge on any atom is 0.333 e. The largest absolute Gasteiger partial charge is 0.434 e. The van der Waals surface area contributed by atoms with Crippen LogP contribution in [0, 0.1) is 0 Å². The Bertz CT molecular complexity index is 423. The van der Waals surface area contributed by atoms with E-state index in [1.54, 1.807) is 6.08 Å². The number of anilines is 1. The van der Waals surface area contributed by atoms with Crippen molar-refractivity contribution in [3.8, 4) is 0 Å². The van der Waals surface area contributed by atoms with E-state index in [-0.39, 0.29) is 12.2 Å². The van der Waals surface area contributed by atoms with Gasteiger partial charge in [0.1, 0.15) is 0 Å². The van der Waals surface area contributed by atoms with E-state index in [1.807, 2.05) is 24.3 Å². The van der Waals surface area contributed by atoms with Crippen molar-refractivity contribution in [1.82, 2.24) is 0 Å². The van der Waals surface area contributed by atoms with Gasteiger partial charge in [0.2, 0.25) is 6.23 Å². The molecule has 2 aliphatic heterocycles. The zero-order valence-electron chi connectivity index (χ0n) is 6.78. The Morgan fingerprint density at radius 1 is 1.31 bits per heavy atom. The molecule has 0 aliphatic carbocycles. The van der Waals surface area contributed by atoms with Gasteiger partial charge in [-0.15, -0.1) is 0 Å². The minimum Gasteiger partial charge on any atom is -0.434 e. The molecule has 1 aromatic rings. The second kappa shape index (κ2) is 2.13. The highest BCUT2D eigenvalue weighted by Crippen LogP contribution is 2.38. The highest BCUT2D eigenvalue weighted by atomic mass is 16.6. The first kappa shape index (κ1) is 6.71. The lowest BCUT2D eigenvalue weighted by Crippen LogP contribution is -2.15. The first-order valence-electron chi connectivity index (χ1n) is 4.13. The number of esters is 1. The molecule has 0 fully saturated rings. The highest BCUT2D eigenvalue weighted by Gasteiger charge is 2.33. The van der Waals surface area contributed by atoms with Crippen LogP contribution in [0.3, 0.4) is 0 Å². The van der Waals surface area contributed by atoms with Gasteiger partial charge in [-0.25, -0.2) is 4.79 Å². The monoisotopic (exact) mass is 173 g/mol. The average Bonchev–Trinajstić information content (AvgIpc) is 2.60. The van der Waals surface area contributed by atoms with Crippen molar-refractivity contribution in [2.75, 3.05) is 5.32 Å². The lowest BCUT2D eigenvalue weighted by molar-refractivity contribution is -0.137. The summed E-state index contributed by atoms with van der Waals surface area (Å²) < 4.78 is 5.03. The molecule has 1 atom stereocenters. The van der Waals surface area contributed by atoms with Crippen molar-refractivity contribution >= 4 is 17.2 Å². The zero-order valence-corrected chi connectivity index (χ0v) is 6.78. The summed E-state index contributed by atoms with van der Waals surface area (Å²) in [5, 5.41) is 3.12. The van der Waals surface area contributed by atoms with Gasteiger partial charge in [-0.3, -0.25) is 0 Å². The standard InChI is InChI=1S/C10H7NO2/c12-9-5-7-6-3-1-2-4-8(6)11-10(7)13-9/h1-5,10-11H. The van der Waals surface area contributed by atoms with Crippen LogP contribution in [0.5, 0.6) is 0 Å². The number of hydrogen-bond donors (Lipinski definition) is 1. The van der Waals surface area contributed by atoms with E-state index in [9.17, 15) is 4.79 Å². The molecule has 1 N–H and O–H groups in total. The fourth-order valence-electron chi connectivity index (χ4n) is 1.74. The zero-order chi connectivity index (χ0) is 8.84. The molecule has 64 valence electrons. The van der Waals surface area contributed by atoms with Gasteiger partial charge >= 0.3 is 5.97 Å². The topological polar surface area (TPSA) is 38.3 Å². The average molecular weight is 173 g/mol. The summed E-state index contributed by atoms with van der Waals surface area (Å²) in [6.07, 6.45) is 1.29. The number of fused-ring (bicyclic) bond motifs is 3. The first-order chi connectivity index (χ1) is 6.34.